The molecule has 2 nitrogen and oxygen atoms in total. The first-order valence-corrected chi connectivity index (χ1v) is 12.9. The first kappa shape index (κ1) is 30.9. The monoisotopic (exact) mass is 522 g/mol. The van der Waals surface area contributed by atoms with Crippen LogP contribution in [0.25, 0.3) is 17.2 Å². The van der Waals surface area contributed by atoms with Crippen molar-refractivity contribution in [1.29, 1.82) is 0 Å². The summed E-state index contributed by atoms with van der Waals surface area (Å²) in [4.78, 5) is 0. The standard InChI is InChI=1S/C34H37BF2N2/c1-7-10-13-17-28(6)33-25-32(29(9-3)18-11-8-2)34(39(33)35(36)37)24-31(38)19-15-12-14-16-27(5)30-22-20-26(4)21-23-30/h7,9-10,12-15,17-20,22-26H,3,5-6,16,21,38H2,1-2,4H3/b10-7-,14-12-,17-13-,19-15-,29-18+,31-24-/t26-/m1/s1. The van der Waals surface area contributed by atoms with Gasteiger partial charge >= 0.3 is 7.40 Å². The van der Waals surface area contributed by atoms with E-state index in [1.54, 1.807) is 49.4 Å². The Morgan fingerprint density at radius 2 is 1.95 bits per heavy atom. The Morgan fingerprint density at radius 3 is 2.56 bits per heavy atom. The zero-order valence-corrected chi connectivity index (χ0v) is 23.1. The fourth-order valence-corrected chi connectivity index (χ4v) is 3.91. The molecule has 0 radical (unpaired) electrons. The van der Waals surface area contributed by atoms with Crippen LogP contribution in [0.2, 0.25) is 0 Å². The molecule has 1 aliphatic rings. The maximum absolute atomic E-state index is 14.4. The fraction of sp³-hybridized carbons (Fsp3) is 0.176. The highest BCUT2D eigenvalue weighted by Gasteiger charge is 2.27. The lowest BCUT2D eigenvalue weighted by Gasteiger charge is -2.12. The van der Waals surface area contributed by atoms with Gasteiger partial charge < -0.3 is 10.2 Å². The first-order valence-electron chi connectivity index (χ1n) is 12.9. The quantitative estimate of drug-likeness (QED) is 0.166. The second-order valence-corrected chi connectivity index (χ2v) is 9.06. The van der Waals surface area contributed by atoms with Gasteiger partial charge in [0.1, 0.15) is 0 Å². The Bertz CT molecular complexity index is 1380. The Labute approximate surface area is 233 Å². The summed E-state index contributed by atoms with van der Waals surface area (Å²) in [6.07, 6.45) is 27.5. The molecule has 2 rings (SSSR count). The Hall–Kier alpha value is -4.30. The van der Waals surface area contributed by atoms with Crippen molar-refractivity contribution in [3.05, 3.63) is 139 Å². The van der Waals surface area contributed by atoms with Gasteiger partial charge in [-0.1, -0.05) is 99.4 Å². The third kappa shape index (κ3) is 9.19. The van der Waals surface area contributed by atoms with Gasteiger partial charge in [0, 0.05) is 22.6 Å². The summed E-state index contributed by atoms with van der Waals surface area (Å²) in [6, 6.07) is 1.67. The molecule has 200 valence electrons. The van der Waals surface area contributed by atoms with E-state index < -0.39 is 7.40 Å². The van der Waals surface area contributed by atoms with Crippen molar-refractivity contribution in [2.45, 2.75) is 33.6 Å². The molecule has 0 saturated carbocycles. The number of hydrogen-bond donors (Lipinski definition) is 1. The number of rotatable bonds is 12. The third-order valence-electron chi connectivity index (χ3n) is 6.03. The second kappa shape index (κ2) is 15.8. The van der Waals surface area contributed by atoms with Crippen LogP contribution in [0.4, 0.5) is 8.63 Å². The molecule has 0 bridgehead atoms. The van der Waals surface area contributed by atoms with Crippen molar-refractivity contribution < 1.29 is 8.63 Å². The Kier molecular flexibility index (Phi) is 12.6. The van der Waals surface area contributed by atoms with Gasteiger partial charge in [0.05, 0.1) is 0 Å². The van der Waals surface area contributed by atoms with E-state index in [0.717, 1.165) is 16.5 Å². The molecule has 1 heterocycles. The van der Waals surface area contributed by atoms with Gasteiger partial charge in [-0.3, -0.25) is 8.63 Å². The van der Waals surface area contributed by atoms with E-state index in [1.807, 2.05) is 31.2 Å². The summed E-state index contributed by atoms with van der Waals surface area (Å²) in [5.74, 6) is 6.23. The zero-order valence-electron chi connectivity index (χ0n) is 23.1. The lowest BCUT2D eigenvalue weighted by molar-refractivity contribution is 0.627. The maximum Gasteiger partial charge on any atom is 0.678 e. The Morgan fingerprint density at radius 1 is 1.21 bits per heavy atom. The van der Waals surface area contributed by atoms with E-state index in [-0.39, 0.29) is 11.4 Å². The van der Waals surface area contributed by atoms with Crippen molar-refractivity contribution in [2.75, 3.05) is 0 Å². The van der Waals surface area contributed by atoms with Crippen LogP contribution in [-0.2, 0) is 0 Å². The van der Waals surface area contributed by atoms with Gasteiger partial charge in [0.2, 0.25) is 0 Å². The topological polar surface area (TPSA) is 30.9 Å². The fourth-order valence-electron chi connectivity index (χ4n) is 3.91. The summed E-state index contributed by atoms with van der Waals surface area (Å²) < 4.78 is 29.8. The lowest BCUT2D eigenvalue weighted by atomic mass is 9.93. The number of aromatic nitrogens is 1. The van der Waals surface area contributed by atoms with Crippen molar-refractivity contribution in [1.82, 2.24) is 4.48 Å². The van der Waals surface area contributed by atoms with Crippen molar-refractivity contribution in [3.63, 3.8) is 0 Å². The first-order chi connectivity index (χ1) is 18.7. The molecule has 0 saturated heterocycles. The van der Waals surface area contributed by atoms with Crippen LogP contribution in [0, 0.1) is 17.8 Å². The van der Waals surface area contributed by atoms with Crippen LogP contribution in [0.3, 0.4) is 0 Å². The van der Waals surface area contributed by atoms with Crippen LogP contribution >= 0.6 is 0 Å². The molecule has 39 heavy (non-hydrogen) atoms. The molecule has 1 aromatic heterocycles. The van der Waals surface area contributed by atoms with E-state index in [2.05, 4.69) is 56.7 Å². The minimum absolute atomic E-state index is 0.245. The van der Waals surface area contributed by atoms with Gasteiger partial charge in [-0.2, -0.15) is 0 Å². The van der Waals surface area contributed by atoms with Gasteiger partial charge in [-0.15, -0.1) is 5.92 Å². The molecule has 0 fully saturated rings. The van der Waals surface area contributed by atoms with Crippen LogP contribution < -0.4 is 5.73 Å². The number of nitrogens with zero attached hydrogens (tertiary/aromatic N) is 1. The van der Waals surface area contributed by atoms with Crippen LogP contribution in [0.5, 0.6) is 0 Å². The van der Waals surface area contributed by atoms with Crippen LogP contribution in [0.15, 0.2) is 122 Å². The highest BCUT2D eigenvalue weighted by molar-refractivity contribution is 6.42. The highest BCUT2D eigenvalue weighted by Crippen LogP contribution is 2.31. The molecular formula is C34H37BF2N2. The number of allylic oxidation sites excluding steroid dienone is 17. The molecule has 0 unspecified atom stereocenters. The van der Waals surface area contributed by atoms with E-state index in [9.17, 15) is 8.63 Å². The number of nitrogens with two attached hydrogens (primary N) is 1. The largest absolute Gasteiger partial charge is 0.678 e. The normalized spacial score (nSPS) is 16.2. The minimum atomic E-state index is -2.82. The van der Waals surface area contributed by atoms with E-state index in [0.29, 0.717) is 34.7 Å². The zero-order chi connectivity index (χ0) is 28.8. The summed E-state index contributed by atoms with van der Waals surface area (Å²) in [5, 5.41) is 0. The highest BCUT2D eigenvalue weighted by atomic mass is 19.2. The van der Waals surface area contributed by atoms with Gasteiger partial charge in [0.15, 0.2) is 0 Å². The molecule has 0 aromatic carbocycles. The maximum atomic E-state index is 14.4. The van der Waals surface area contributed by atoms with E-state index in [4.69, 9.17) is 5.73 Å². The average molecular weight is 522 g/mol. The van der Waals surface area contributed by atoms with Gasteiger partial charge in [-0.05, 0) is 79.2 Å². The SMILES string of the molecule is C=C/C(=C\C#CC)c1cc(C(=C)/C=C\C=C/C)n(B(F)F)c1/C=C(N)/C=C\C=C/CC(=C)C1=CC[C@H](C)C=C1. The van der Waals surface area contributed by atoms with Gasteiger partial charge in [0.25, 0.3) is 0 Å². The molecule has 0 spiro atoms. The average Bonchev–Trinajstić information content (AvgIpc) is 3.28. The molecule has 0 amide bonds. The predicted molar refractivity (Wildman–Crippen MR) is 168 cm³/mol. The van der Waals surface area contributed by atoms with Crippen molar-refractivity contribution in [3.8, 4) is 11.8 Å². The van der Waals surface area contributed by atoms with E-state index in [1.165, 1.54) is 11.6 Å². The molecule has 0 aliphatic heterocycles. The molecule has 1 aromatic rings. The number of hydrogen-bond acceptors (Lipinski definition) is 1. The molecule has 2 N–H and O–H groups in total. The molecule has 5 heteroatoms. The predicted octanol–water partition coefficient (Wildman–Crippen LogP) is 8.88. The molecule has 1 aliphatic carbocycles. The van der Waals surface area contributed by atoms with Crippen LogP contribution in [-0.4, -0.2) is 11.9 Å². The van der Waals surface area contributed by atoms with Crippen molar-refractivity contribution in [2.24, 2.45) is 11.7 Å². The van der Waals surface area contributed by atoms with E-state index >= 15 is 0 Å². The molecule has 1 atom stereocenters. The molecular weight excluding hydrogens is 485 g/mol. The minimum Gasteiger partial charge on any atom is -0.399 e. The van der Waals surface area contributed by atoms with Gasteiger partial charge in [-0.25, -0.2) is 0 Å². The summed E-state index contributed by atoms with van der Waals surface area (Å²) in [6.45, 7) is 17.8. The summed E-state index contributed by atoms with van der Waals surface area (Å²) in [7, 11) is -2.82. The smallest absolute Gasteiger partial charge is 0.399 e. The summed E-state index contributed by atoms with van der Waals surface area (Å²) in [5.41, 5.74) is 10.9. The number of halogens is 2. The summed E-state index contributed by atoms with van der Waals surface area (Å²) >= 11 is 0. The Balaban J connectivity index is 2.41. The second-order valence-electron chi connectivity index (χ2n) is 9.06. The van der Waals surface area contributed by atoms with Crippen LogP contribution in [0.1, 0.15) is 50.6 Å². The van der Waals surface area contributed by atoms with Crippen molar-refractivity contribution >= 4 is 24.6 Å². The third-order valence-corrected chi connectivity index (χ3v) is 6.03. The lowest BCUT2D eigenvalue weighted by Crippen LogP contribution is -2.17.